The van der Waals surface area contributed by atoms with Gasteiger partial charge in [0.1, 0.15) is 12.4 Å². The summed E-state index contributed by atoms with van der Waals surface area (Å²) in [5.41, 5.74) is 3.81. The highest BCUT2D eigenvalue weighted by atomic mass is 32.2. The predicted molar refractivity (Wildman–Crippen MR) is 128 cm³/mol. The molecule has 0 aliphatic rings. The van der Waals surface area contributed by atoms with Crippen molar-refractivity contribution in [3.05, 3.63) is 90.2 Å². The second-order valence-electron chi connectivity index (χ2n) is 7.27. The Hall–Kier alpha value is -4.05. The number of anilines is 2. The normalized spacial score (nSPS) is 11.6. The summed E-state index contributed by atoms with van der Waals surface area (Å²) in [6.07, 6.45) is 0. The van der Waals surface area contributed by atoms with Crippen molar-refractivity contribution in [2.24, 2.45) is 5.10 Å². The molecule has 0 radical (unpaired) electrons. The smallest absolute Gasteiger partial charge is 0.264 e. The van der Waals surface area contributed by atoms with Gasteiger partial charge in [-0.15, -0.1) is 0 Å². The summed E-state index contributed by atoms with van der Waals surface area (Å²) in [4.78, 5) is 23.7. The largest absolute Gasteiger partial charge is 0.326 e. The van der Waals surface area contributed by atoms with Gasteiger partial charge in [0.25, 0.3) is 15.9 Å². The molecule has 2 amide bonds. The van der Waals surface area contributed by atoms with E-state index < -0.39 is 28.3 Å². The Labute approximate surface area is 197 Å². The lowest BCUT2D eigenvalue weighted by molar-refractivity contribution is -0.119. The SMILES string of the molecule is CC(=O)Nc1ccc(/C(C)=N\NC(=O)CN(c2ccccc2F)S(=O)(=O)c2ccccc2)cc1. The monoisotopic (exact) mass is 482 g/mol. The summed E-state index contributed by atoms with van der Waals surface area (Å²) in [6.45, 7) is 2.37. The average molecular weight is 483 g/mol. The van der Waals surface area contributed by atoms with E-state index in [2.05, 4.69) is 15.8 Å². The second-order valence-corrected chi connectivity index (χ2v) is 9.13. The quantitative estimate of drug-likeness (QED) is 0.378. The minimum atomic E-state index is -4.23. The van der Waals surface area contributed by atoms with Crippen molar-refractivity contribution in [1.29, 1.82) is 0 Å². The van der Waals surface area contributed by atoms with Crippen LogP contribution >= 0.6 is 0 Å². The molecule has 3 rings (SSSR count). The Morgan fingerprint density at radius 2 is 1.53 bits per heavy atom. The molecule has 176 valence electrons. The number of halogens is 1. The molecule has 0 bridgehead atoms. The maximum absolute atomic E-state index is 14.5. The van der Waals surface area contributed by atoms with Gasteiger partial charge in [-0.05, 0) is 48.9 Å². The van der Waals surface area contributed by atoms with Crippen LogP contribution in [0, 0.1) is 5.82 Å². The minimum Gasteiger partial charge on any atom is -0.326 e. The third-order valence-corrected chi connectivity index (χ3v) is 6.48. The highest BCUT2D eigenvalue weighted by molar-refractivity contribution is 7.92. The molecule has 0 fully saturated rings. The highest BCUT2D eigenvalue weighted by Gasteiger charge is 2.29. The number of nitrogens with one attached hydrogen (secondary N) is 2. The fraction of sp³-hybridized carbons (Fsp3) is 0.125. The maximum Gasteiger partial charge on any atom is 0.264 e. The molecule has 0 aliphatic carbocycles. The van der Waals surface area contributed by atoms with E-state index in [0.29, 0.717) is 21.3 Å². The van der Waals surface area contributed by atoms with Crippen molar-refractivity contribution in [3.63, 3.8) is 0 Å². The fourth-order valence-electron chi connectivity index (χ4n) is 3.05. The zero-order chi connectivity index (χ0) is 24.7. The predicted octanol–water partition coefficient (Wildman–Crippen LogP) is 3.52. The van der Waals surface area contributed by atoms with Crippen molar-refractivity contribution in [2.45, 2.75) is 18.7 Å². The number of sulfonamides is 1. The molecule has 0 saturated heterocycles. The molecule has 2 N–H and O–H groups in total. The van der Waals surface area contributed by atoms with E-state index in [1.807, 2.05) is 0 Å². The third-order valence-electron chi connectivity index (χ3n) is 4.71. The number of amides is 2. The number of benzene rings is 3. The Morgan fingerprint density at radius 3 is 2.15 bits per heavy atom. The first-order valence-electron chi connectivity index (χ1n) is 10.2. The standard InChI is InChI=1S/C24H23FN4O4S/c1-17(19-12-14-20(15-13-19)26-18(2)30)27-28-24(31)16-29(23-11-7-6-10-22(23)25)34(32,33)21-8-4-3-5-9-21/h3-15H,16H2,1-2H3,(H,26,30)(H,28,31)/b27-17-. The number of carbonyl (C=O) groups is 2. The number of nitrogens with zero attached hydrogens (tertiary/aromatic N) is 2. The van der Waals surface area contributed by atoms with Gasteiger partial charge in [-0.2, -0.15) is 5.10 Å². The third kappa shape index (κ3) is 6.04. The van der Waals surface area contributed by atoms with Crippen LogP contribution in [0.4, 0.5) is 15.8 Å². The van der Waals surface area contributed by atoms with Crippen molar-refractivity contribution in [3.8, 4) is 0 Å². The maximum atomic E-state index is 14.5. The number of hydrogen-bond donors (Lipinski definition) is 2. The van der Waals surface area contributed by atoms with Gasteiger partial charge in [0.15, 0.2) is 0 Å². The average Bonchev–Trinajstić information content (AvgIpc) is 2.82. The van der Waals surface area contributed by atoms with Crippen LogP contribution in [-0.2, 0) is 19.6 Å². The van der Waals surface area contributed by atoms with Crippen molar-refractivity contribution in [1.82, 2.24) is 5.43 Å². The molecule has 0 heterocycles. The number of carbonyl (C=O) groups excluding carboxylic acids is 2. The van der Waals surface area contributed by atoms with Crippen LogP contribution in [0.25, 0.3) is 0 Å². The lowest BCUT2D eigenvalue weighted by Crippen LogP contribution is -2.40. The van der Waals surface area contributed by atoms with E-state index in [4.69, 9.17) is 0 Å². The first-order chi connectivity index (χ1) is 16.2. The van der Waals surface area contributed by atoms with Crippen molar-refractivity contribution >= 4 is 38.9 Å². The van der Waals surface area contributed by atoms with Gasteiger partial charge in [0.05, 0.1) is 16.3 Å². The molecular weight excluding hydrogens is 459 g/mol. The van der Waals surface area contributed by atoms with Crippen molar-refractivity contribution < 1.29 is 22.4 Å². The topological polar surface area (TPSA) is 108 Å². The fourth-order valence-corrected chi connectivity index (χ4v) is 4.50. The van der Waals surface area contributed by atoms with E-state index in [0.717, 1.165) is 6.07 Å². The molecule has 0 unspecified atom stereocenters. The van der Waals surface area contributed by atoms with Crippen LogP contribution in [0.1, 0.15) is 19.4 Å². The van der Waals surface area contributed by atoms with E-state index in [9.17, 15) is 22.4 Å². The van der Waals surface area contributed by atoms with Gasteiger partial charge in [-0.1, -0.05) is 42.5 Å². The second kappa shape index (κ2) is 10.7. The van der Waals surface area contributed by atoms with Crippen LogP contribution in [-0.4, -0.2) is 32.5 Å². The molecule has 3 aromatic rings. The van der Waals surface area contributed by atoms with Crippen LogP contribution in [0.5, 0.6) is 0 Å². The number of rotatable bonds is 8. The van der Waals surface area contributed by atoms with E-state index in [1.165, 1.54) is 49.4 Å². The van der Waals surface area contributed by atoms with Gasteiger partial charge in [-0.25, -0.2) is 18.2 Å². The van der Waals surface area contributed by atoms with E-state index in [1.54, 1.807) is 37.3 Å². The van der Waals surface area contributed by atoms with Crippen LogP contribution in [0.3, 0.4) is 0 Å². The Bertz CT molecular complexity index is 1310. The van der Waals surface area contributed by atoms with E-state index in [-0.39, 0.29) is 16.5 Å². The summed E-state index contributed by atoms with van der Waals surface area (Å²) in [7, 11) is -4.23. The molecule has 34 heavy (non-hydrogen) atoms. The van der Waals surface area contributed by atoms with Gasteiger partial charge in [-0.3, -0.25) is 13.9 Å². The molecule has 0 aromatic heterocycles. The van der Waals surface area contributed by atoms with Gasteiger partial charge < -0.3 is 5.32 Å². The first-order valence-corrected chi connectivity index (χ1v) is 11.7. The number of hydrazone groups is 1. The summed E-state index contributed by atoms with van der Waals surface area (Å²) in [6, 6.07) is 19.6. The minimum absolute atomic E-state index is 0.0787. The molecule has 0 aliphatic heterocycles. The first kappa shape index (κ1) is 24.6. The Kier molecular flexibility index (Phi) is 7.75. The summed E-state index contributed by atoms with van der Waals surface area (Å²) in [5, 5.41) is 6.67. The summed E-state index contributed by atoms with van der Waals surface area (Å²) < 4.78 is 41.6. The van der Waals surface area contributed by atoms with Gasteiger partial charge in [0, 0.05) is 12.6 Å². The summed E-state index contributed by atoms with van der Waals surface area (Å²) >= 11 is 0. The lowest BCUT2D eigenvalue weighted by atomic mass is 10.1. The highest BCUT2D eigenvalue weighted by Crippen LogP contribution is 2.26. The van der Waals surface area contributed by atoms with Crippen LogP contribution in [0.2, 0.25) is 0 Å². The number of para-hydroxylation sites is 1. The van der Waals surface area contributed by atoms with Crippen LogP contribution < -0.4 is 15.0 Å². The summed E-state index contributed by atoms with van der Waals surface area (Å²) in [5.74, 6) is -1.74. The molecule has 8 nitrogen and oxygen atoms in total. The van der Waals surface area contributed by atoms with Gasteiger partial charge in [0.2, 0.25) is 5.91 Å². The zero-order valence-electron chi connectivity index (χ0n) is 18.5. The Balaban J connectivity index is 1.81. The van der Waals surface area contributed by atoms with E-state index >= 15 is 0 Å². The lowest BCUT2D eigenvalue weighted by Gasteiger charge is -2.24. The molecule has 0 saturated carbocycles. The molecule has 0 spiro atoms. The van der Waals surface area contributed by atoms with Gasteiger partial charge >= 0.3 is 0 Å². The van der Waals surface area contributed by atoms with Crippen molar-refractivity contribution in [2.75, 3.05) is 16.2 Å². The Morgan fingerprint density at radius 1 is 0.912 bits per heavy atom. The van der Waals surface area contributed by atoms with Crippen LogP contribution in [0.15, 0.2) is 88.9 Å². The molecular formula is C24H23FN4O4S. The number of hydrogen-bond acceptors (Lipinski definition) is 5. The molecule has 3 aromatic carbocycles. The zero-order valence-corrected chi connectivity index (χ0v) is 19.3. The molecule has 10 heteroatoms. The molecule has 0 atom stereocenters.